The van der Waals surface area contributed by atoms with Crippen molar-refractivity contribution in [1.82, 2.24) is 9.47 Å². The molecule has 1 amide bonds. The molecule has 4 heteroatoms. The minimum Gasteiger partial charge on any atom is -0.302 e. The van der Waals surface area contributed by atoms with Crippen LogP contribution >= 0.6 is 0 Å². The zero-order valence-electron chi connectivity index (χ0n) is 10.2. The summed E-state index contributed by atoms with van der Waals surface area (Å²) >= 11 is 0. The Balaban J connectivity index is 2.86. The largest absolute Gasteiger partial charge is 0.415 e. The molecule has 0 spiro atoms. The van der Waals surface area contributed by atoms with Gasteiger partial charge in [0.2, 0.25) is 0 Å². The van der Waals surface area contributed by atoms with Gasteiger partial charge in [0.25, 0.3) is 6.33 Å². The molecule has 0 saturated heterocycles. The lowest BCUT2D eigenvalue weighted by Gasteiger charge is -2.32. The van der Waals surface area contributed by atoms with E-state index in [-0.39, 0.29) is 11.6 Å². The van der Waals surface area contributed by atoms with E-state index in [0.717, 1.165) is 6.42 Å². The number of carbonyl (C=O) groups excluding carboxylic acids is 1. The summed E-state index contributed by atoms with van der Waals surface area (Å²) in [5.41, 5.74) is -0.111. The average Bonchev–Trinajstić information content (AvgIpc) is 2.62. The zero-order chi connectivity index (χ0) is 11.6. The Labute approximate surface area is 91.1 Å². The molecule has 0 aliphatic heterocycles. The van der Waals surface area contributed by atoms with Gasteiger partial charge in [0.05, 0.1) is 7.05 Å². The minimum absolute atomic E-state index is 0.00227. The summed E-state index contributed by atoms with van der Waals surface area (Å²) in [4.78, 5) is 13.8. The third-order valence-corrected chi connectivity index (χ3v) is 3.05. The molecule has 15 heavy (non-hydrogen) atoms. The van der Waals surface area contributed by atoms with Crippen LogP contribution in [0.1, 0.15) is 27.2 Å². The summed E-state index contributed by atoms with van der Waals surface area (Å²) in [5.74, 6) is 0. The molecule has 4 nitrogen and oxygen atoms in total. The van der Waals surface area contributed by atoms with Crippen molar-refractivity contribution >= 4 is 6.03 Å². The predicted molar refractivity (Wildman–Crippen MR) is 58.5 cm³/mol. The number of aromatic nitrogens is 2. The summed E-state index contributed by atoms with van der Waals surface area (Å²) in [6, 6.07) is 0.00227. The van der Waals surface area contributed by atoms with E-state index in [2.05, 4.69) is 20.8 Å². The van der Waals surface area contributed by atoms with Crippen molar-refractivity contribution in [3.63, 3.8) is 0 Å². The first kappa shape index (κ1) is 11.8. The molecule has 1 aromatic heterocycles. The van der Waals surface area contributed by atoms with Gasteiger partial charge < -0.3 is 4.90 Å². The Morgan fingerprint density at radius 2 is 2.13 bits per heavy atom. The van der Waals surface area contributed by atoms with Gasteiger partial charge in [0, 0.05) is 12.6 Å². The zero-order valence-corrected chi connectivity index (χ0v) is 10.2. The SMILES string of the molecule is CCC(C)(C)N(C)C(=O)n1cc[n+](C)c1. The van der Waals surface area contributed by atoms with E-state index in [1.807, 2.05) is 24.9 Å². The summed E-state index contributed by atoms with van der Waals surface area (Å²) in [7, 11) is 3.74. The van der Waals surface area contributed by atoms with E-state index in [1.54, 1.807) is 22.0 Å². The van der Waals surface area contributed by atoms with Crippen molar-refractivity contribution in [2.45, 2.75) is 32.7 Å². The third kappa shape index (κ3) is 2.37. The maximum Gasteiger partial charge on any atom is 0.415 e. The van der Waals surface area contributed by atoms with Gasteiger partial charge >= 0.3 is 6.03 Å². The van der Waals surface area contributed by atoms with Crippen LogP contribution in [0.25, 0.3) is 0 Å². The fourth-order valence-corrected chi connectivity index (χ4v) is 1.23. The summed E-state index contributed by atoms with van der Waals surface area (Å²) in [6.45, 7) is 6.21. The molecule has 0 aliphatic rings. The second-order valence-corrected chi connectivity index (χ2v) is 4.49. The number of imidazole rings is 1. The highest BCUT2D eigenvalue weighted by atomic mass is 16.2. The van der Waals surface area contributed by atoms with Crippen LogP contribution in [0, 0.1) is 0 Å². The number of amides is 1. The molecule has 1 aromatic rings. The van der Waals surface area contributed by atoms with E-state index in [4.69, 9.17) is 0 Å². The van der Waals surface area contributed by atoms with Gasteiger partial charge in [0.1, 0.15) is 12.4 Å². The Morgan fingerprint density at radius 3 is 2.53 bits per heavy atom. The van der Waals surface area contributed by atoms with E-state index >= 15 is 0 Å². The van der Waals surface area contributed by atoms with Crippen molar-refractivity contribution < 1.29 is 9.36 Å². The molecule has 84 valence electrons. The predicted octanol–water partition coefficient (Wildman–Crippen LogP) is 1.40. The summed E-state index contributed by atoms with van der Waals surface area (Å²) < 4.78 is 3.45. The van der Waals surface area contributed by atoms with E-state index < -0.39 is 0 Å². The van der Waals surface area contributed by atoms with Crippen LogP contribution in [-0.4, -0.2) is 28.1 Å². The molecular weight excluding hydrogens is 190 g/mol. The Hall–Kier alpha value is -1.32. The highest BCUT2D eigenvalue weighted by molar-refractivity contribution is 5.76. The quantitative estimate of drug-likeness (QED) is 0.678. The maximum absolute atomic E-state index is 12.0. The summed E-state index contributed by atoms with van der Waals surface area (Å²) in [6.07, 6.45) is 6.32. The topological polar surface area (TPSA) is 29.1 Å². The number of nitrogens with zero attached hydrogens (tertiary/aromatic N) is 3. The highest BCUT2D eigenvalue weighted by Crippen LogP contribution is 2.17. The Bertz CT molecular complexity index is 354. The average molecular weight is 210 g/mol. The van der Waals surface area contributed by atoms with Crippen molar-refractivity contribution in [3.8, 4) is 0 Å². The number of hydrogen-bond donors (Lipinski definition) is 0. The highest BCUT2D eigenvalue weighted by Gasteiger charge is 2.29. The summed E-state index contributed by atoms with van der Waals surface area (Å²) in [5, 5.41) is 0. The molecule has 1 rings (SSSR count). The fourth-order valence-electron chi connectivity index (χ4n) is 1.23. The van der Waals surface area contributed by atoms with Gasteiger partial charge in [-0.1, -0.05) is 6.92 Å². The molecule has 0 saturated carbocycles. The van der Waals surface area contributed by atoms with Gasteiger partial charge in [-0.2, -0.15) is 4.57 Å². The smallest absolute Gasteiger partial charge is 0.302 e. The number of aryl methyl sites for hydroxylation is 1. The van der Waals surface area contributed by atoms with E-state index in [9.17, 15) is 4.79 Å². The second-order valence-electron chi connectivity index (χ2n) is 4.49. The van der Waals surface area contributed by atoms with Gasteiger partial charge in [-0.3, -0.25) is 0 Å². The van der Waals surface area contributed by atoms with Crippen LogP contribution in [0.15, 0.2) is 18.7 Å². The lowest BCUT2D eigenvalue weighted by Crippen LogP contribution is -2.46. The van der Waals surface area contributed by atoms with E-state index in [0.29, 0.717) is 0 Å². The number of hydrogen-bond acceptors (Lipinski definition) is 1. The second kappa shape index (κ2) is 4.04. The van der Waals surface area contributed by atoms with Gasteiger partial charge in [0.15, 0.2) is 0 Å². The van der Waals surface area contributed by atoms with Crippen LogP contribution in [0.5, 0.6) is 0 Å². The third-order valence-electron chi connectivity index (χ3n) is 3.05. The van der Waals surface area contributed by atoms with Gasteiger partial charge in [-0.05, 0) is 20.3 Å². The normalized spacial score (nSPS) is 11.5. The molecule has 0 unspecified atom stereocenters. The molecule has 1 heterocycles. The van der Waals surface area contributed by atoms with E-state index in [1.165, 1.54) is 0 Å². The van der Waals surface area contributed by atoms with Gasteiger partial charge in [-0.25, -0.2) is 9.36 Å². The molecular formula is C11H20N3O+. The van der Waals surface area contributed by atoms with Crippen molar-refractivity contribution in [1.29, 1.82) is 0 Å². The molecule has 0 aliphatic carbocycles. The molecule has 0 radical (unpaired) electrons. The van der Waals surface area contributed by atoms with Crippen molar-refractivity contribution in [3.05, 3.63) is 18.7 Å². The van der Waals surface area contributed by atoms with Crippen LogP contribution in [-0.2, 0) is 7.05 Å². The first-order valence-corrected chi connectivity index (χ1v) is 5.20. The Kier molecular flexibility index (Phi) is 3.17. The Morgan fingerprint density at radius 1 is 1.53 bits per heavy atom. The van der Waals surface area contributed by atoms with Crippen molar-refractivity contribution in [2.24, 2.45) is 7.05 Å². The van der Waals surface area contributed by atoms with Crippen LogP contribution < -0.4 is 4.57 Å². The number of rotatable bonds is 2. The minimum atomic E-state index is -0.111. The molecule has 0 bridgehead atoms. The molecule has 0 N–H and O–H groups in total. The molecule has 0 aromatic carbocycles. The number of carbonyl (C=O) groups is 1. The van der Waals surface area contributed by atoms with Crippen LogP contribution in [0.2, 0.25) is 0 Å². The van der Waals surface area contributed by atoms with Crippen LogP contribution in [0.4, 0.5) is 4.79 Å². The van der Waals surface area contributed by atoms with Crippen molar-refractivity contribution in [2.75, 3.05) is 7.05 Å². The first-order chi connectivity index (χ1) is 6.88. The van der Waals surface area contributed by atoms with Gasteiger partial charge in [-0.15, -0.1) is 0 Å². The first-order valence-electron chi connectivity index (χ1n) is 5.20. The lowest BCUT2D eigenvalue weighted by atomic mass is 10.0. The van der Waals surface area contributed by atoms with Crippen LogP contribution in [0.3, 0.4) is 0 Å². The standard InChI is InChI=1S/C11H20N3O/c1-6-11(2,3)13(5)10(15)14-8-7-12(4)9-14/h7-9H,6H2,1-5H3/q+1. The molecule has 0 fully saturated rings. The lowest BCUT2D eigenvalue weighted by molar-refractivity contribution is -0.670. The monoisotopic (exact) mass is 210 g/mol. The maximum atomic E-state index is 12.0. The fraction of sp³-hybridized carbons (Fsp3) is 0.636. The molecule has 0 atom stereocenters.